The number of nitrogens with one attached hydrogen (secondary N) is 2. The number of ether oxygens (including phenoxy) is 4. The summed E-state index contributed by atoms with van der Waals surface area (Å²) >= 11 is 0. The normalized spacial score (nSPS) is 18.6. The van der Waals surface area contributed by atoms with Crippen molar-refractivity contribution in [3.05, 3.63) is 30.3 Å². The maximum atomic E-state index is 12.5. The number of methoxy groups -OCH3 is 1. The summed E-state index contributed by atoms with van der Waals surface area (Å²) in [6.45, 7) is 2.73. The lowest BCUT2D eigenvalue weighted by atomic mass is 10.1. The zero-order chi connectivity index (χ0) is 18.6. The van der Waals surface area contributed by atoms with Gasteiger partial charge in [0, 0.05) is 30.4 Å². The van der Waals surface area contributed by atoms with Crippen LogP contribution in [0.15, 0.2) is 30.3 Å². The van der Waals surface area contributed by atoms with Crippen molar-refractivity contribution in [2.45, 2.75) is 6.10 Å². The highest BCUT2D eigenvalue weighted by Crippen LogP contribution is 2.40. The van der Waals surface area contributed by atoms with E-state index in [2.05, 4.69) is 15.6 Å². The van der Waals surface area contributed by atoms with Crippen LogP contribution in [0.4, 0.5) is 5.69 Å². The molecular formula is C19H21N3O5. The van der Waals surface area contributed by atoms with E-state index in [1.54, 1.807) is 12.1 Å². The molecule has 8 heteroatoms. The van der Waals surface area contributed by atoms with E-state index in [-0.39, 0.29) is 5.91 Å². The highest BCUT2D eigenvalue weighted by atomic mass is 16.6. The average molecular weight is 371 g/mol. The van der Waals surface area contributed by atoms with Gasteiger partial charge in [-0.2, -0.15) is 0 Å². The Balaban J connectivity index is 1.64. The molecule has 0 unspecified atom stereocenters. The van der Waals surface area contributed by atoms with E-state index in [4.69, 9.17) is 18.9 Å². The first-order valence-electron chi connectivity index (χ1n) is 8.83. The first kappa shape index (κ1) is 17.6. The number of nitrogens with zero attached hydrogens (tertiary/aromatic N) is 1. The Hall–Kier alpha value is -2.84. The van der Waals surface area contributed by atoms with Gasteiger partial charge in [0.25, 0.3) is 5.91 Å². The minimum absolute atomic E-state index is 0.212. The van der Waals surface area contributed by atoms with Crippen LogP contribution in [-0.4, -0.2) is 57.0 Å². The van der Waals surface area contributed by atoms with E-state index in [0.29, 0.717) is 55.1 Å². The maximum absolute atomic E-state index is 12.5. The van der Waals surface area contributed by atoms with Gasteiger partial charge in [0.2, 0.25) is 5.88 Å². The molecule has 1 amide bonds. The van der Waals surface area contributed by atoms with Crippen molar-refractivity contribution in [2.24, 2.45) is 0 Å². The van der Waals surface area contributed by atoms with Crippen LogP contribution in [0.1, 0.15) is 0 Å². The zero-order valence-corrected chi connectivity index (χ0v) is 15.0. The zero-order valence-electron chi connectivity index (χ0n) is 15.0. The van der Waals surface area contributed by atoms with Gasteiger partial charge in [-0.05, 0) is 18.2 Å². The van der Waals surface area contributed by atoms with E-state index in [9.17, 15) is 4.79 Å². The second-order valence-electron chi connectivity index (χ2n) is 6.17. The fourth-order valence-electron chi connectivity index (χ4n) is 3.05. The number of amides is 1. The minimum Gasteiger partial charge on any atom is -0.486 e. The van der Waals surface area contributed by atoms with Gasteiger partial charge < -0.3 is 29.6 Å². The van der Waals surface area contributed by atoms with Crippen LogP contribution in [0.5, 0.6) is 17.4 Å². The fourth-order valence-corrected chi connectivity index (χ4v) is 3.05. The summed E-state index contributed by atoms with van der Waals surface area (Å²) in [4.78, 5) is 17.0. The minimum atomic E-state index is -0.525. The van der Waals surface area contributed by atoms with Crippen LogP contribution in [0.3, 0.4) is 0 Å². The third-order valence-corrected chi connectivity index (χ3v) is 4.34. The molecule has 0 bridgehead atoms. The molecule has 3 heterocycles. The number of morpholine rings is 1. The molecule has 1 atom stereocenters. The monoisotopic (exact) mass is 371 g/mol. The summed E-state index contributed by atoms with van der Waals surface area (Å²) in [6, 6.07) is 9.09. The molecule has 4 rings (SSSR count). The Kier molecular flexibility index (Phi) is 5.08. The molecule has 27 heavy (non-hydrogen) atoms. The fraction of sp³-hybridized carbons (Fsp3) is 0.368. The van der Waals surface area contributed by atoms with E-state index in [1.807, 2.05) is 18.2 Å². The highest BCUT2D eigenvalue weighted by molar-refractivity contribution is 5.95. The molecule has 1 aromatic heterocycles. The van der Waals surface area contributed by atoms with Crippen LogP contribution in [0.25, 0.3) is 11.3 Å². The van der Waals surface area contributed by atoms with Crippen LogP contribution in [0, 0.1) is 0 Å². The number of para-hydroxylation sites is 1. The van der Waals surface area contributed by atoms with Gasteiger partial charge >= 0.3 is 0 Å². The number of pyridine rings is 1. The SMILES string of the molecule is COc1cc(NC(=O)[C@@H]2CNCCO2)cc(-c2cccc3c2OCCO3)n1. The van der Waals surface area contributed by atoms with E-state index in [0.717, 1.165) is 12.1 Å². The van der Waals surface area contributed by atoms with Gasteiger partial charge in [0.05, 0.1) is 19.4 Å². The number of aromatic nitrogens is 1. The Labute approximate surface area is 156 Å². The Morgan fingerprint density at radius 1 is 1.26 bits per heavy atom. The van der Waals surface area contributed by atoms with Gasteiger partial charge in [-0.25, -0.2) is 4.98 Å². The largest absolute Gasteiger partial charge is 0.486 e. The van der Waals surface area contributed by atoms with E-state index in [1.165, 1.54) is 7.11 Å². The van der Waals surface area contributed by atoms with Crippen molar-refractivity contribution in [2.75, 3.05) is 45.3 Å². The van der Waals surface area contributed by atoms with Crippen molar-refractivity contribution in [3.63, 3.8) is 0 Å². The van der Waals surface area contributed by atoms with Crippen LogP contribution >= 0.6 is 0 Å². The van der Waals surface area contributed by atoms with Crippen molar-refractivity contribution < 1.29 is 23.7 Å². The number of hydrogen-bond donors (Lipinski definition) is 2. The Bertz CT molecular complexity index is 836. The summed E-state index contributed by atoms with van der Waals surface area (Å²) in [6.07, 6.45) is -0.525. The lowest BCUT2D eigenvalue weighted by Crippen LogP contribution is -2.45. The average Bonchev–Trinajstić information content (AvgIpc) is 2.73. The van der Waals surface area contributed by atoms with Crippen molar-refractivity contribution in [1.82, 2.24) is 10.3 Å². The molecule has 2 N–H and O–H groups in total. The van der Waals surface area contributed by atoms with Crippen molar-refractivity contribution >= 4 is 11.6 Å². The number of rotatable bonds is 4. The predicted octanol–water partition coefficient (Wildman–Crippen LogP) is 1.46. The van der Waals surface area contributed by atoms with E-state index < -0.39 is 6.10 Å². The first-order chi connectivity index (χ1) is 13.2. The van der Waals surface area contributed by atoms with Crippen LogP contribution < -0.4 is 24.8 Å². The Morgan fingerprint density at radius 3 is 2.96 bits per heavy atom. The number of carbonyl (C=O) groups excluding carboxylic acids is 1. The number of fused-ring (bicyclic) bond motifs is 1. The summed E-state index contributed by atoms with van der Waals surface area (Å²) in [7, 11) is 1.53. The molecule has 0 saturated carbocycles. The maximum Gasteiger partial charge on any atom is 0.254 e. The van der Waals surface area contributed by atoms with Gasteiger partial charge in [-0.3, -0.25) is 4.79 Å². The molecule has 142 valence electrons. The molecule has 2 aromatic rings. The second kappa shape index (κ2) is 7.81. The molecule has 2 aliphatic rings. The molecule has 0 aliphatic carbocycles. The molecular weight excluding hydrogens is 350 g/mol. The van der Waals surface area contributed by atoms with Gasteiger partial charge in [0.1, 0.15) is 19.3 Å². The number of anilines is 1. The van der Waals surface area contributed by atoms with E-state index >= 15 is 0 Å². The van der Waals surface area contributed by atoms with Crippen LogP contribution in [-0.2, 0) is 9.53 Å². The molecule has 1 fully saturated rings. The topological polar surface area (TPSA) is 90.9 Å². The standard InChI is InChI=1S/C19H21N3O5/c1-24-17-10-12(21-19(23)16-11-20-5-6-25-16)9-14(22-17)13-3-2-4-15-18(13)27-8-7-26-15/h2-4,9-10,16,20H,5-8,11H2,1H3,(H,21,22,23)/t16-/m0/s1. The van der Waals surface area contributed by atoms with Crippen molar-refractivity contribution in [3.8, 4) is 28.6 Å². The smallest absolute Gasteiger partial charge is 0.254 e. The highest BCUT2D eigenvalue weighted by Gasteiger charge is 2.23. The summed E-state index contributed by atoms with van der Waals surface area (Å²) in [5.74, 6) is 1.49. The van der Waals surface area contributed by atoms with Gasteiger partial charge in [-0.15, -0.1) is 0 Å². The second-order valence-corrected chi connectivity index (χ2v) is 6.17. The number of benzene rings is 1. The third kappa shape index (κ3) is 3.81. The Morgan fingerprint density at radius 2 is 2.15 bits per heavy atom. The quantitative estimate of drug-likeness (QED) is 0.841. The third-order valence-electron chi connectivity index (χ3n) is 4.34. The first-order valence-corrected chi connectivity index (χ1v) is 8.83. The van der Waals surface area contributed by atoms with Gasteiger partial charge in [-0.1, -0.05) is 6.07 Å². The summed E-state index contributed by atoms with van der Waals surface area (Å²) in [5, 5.41) is 6.02. The lowest BCUT2D eigenvalue weighted by molar-refractivity contribution is -0.128. The summed E-state index contributed by atoms with van der Waals surface area (Å²) in [5.41, 5.74) is 1.97. The van der Waals surface area contributed by atoms with Crippen LogP contribution in [0.2, 0.25) is 0 Å². The predicted molar refractivity (Wildman–Crippen MR) is 98.5 cm³/mol. The molecule has 0 spiro atoms. The molecule has 1 aromatic carbocycles. The number of hydrogen-bond acceptors (Lipinski definition) is 7. The summed E-state index contributed by atoms with van der Waals surface area (Å²) < 4.78 is 22.2. The van der Waals surface area contributed by atoms with Gasteiger partial charge in [0.15, 0.2) is 11.5 Å². The molecule has 2 aliphatic heterocycles. The lowest BCUT2D eigenvalue weighted by Gasteiger charge is -2.23. The molecule has 0 radical (unpaired) electrons. The number of carbonyl (C=O) groups is 1. The van der Waals surface area contributed by atoms with Crippen molar-refractivity contribution in [1.29, 1.82) is 0 Å². The molecule has 1 saturated heterocycles. The molecule has 8 nitrogen and oxygen atoms in total.